The Bertz CT molecular complexity index is 331. The molecule has 118 valence electrons. The molecule has 0 aliphatic heterocycles. The van der Waals surface area contributed by atoms with E-state index in [0.29, 0.717) is 12.3 Å². The Morgan fingerprint density at radius 1 is 1.35 bits per heavy atom. The van der Waals surface area contributed by atoms with E-state index in [1.807, 2.05) is 20.8 Å². The van der Waals surface area contributed by atoms with Gasteiger partial charge in [0.25, 0.3) is 0 Å². The van der Waals surface area contributed by atoms with Gasteiger partial charge in [-0.2, -0.15) is 13.2 Å². The quantitative estimate of drug-likeness (QED) is 0.845. The third-order valence-corrected chi connectivity index (χ3v) is 4.18. The fourth-order valence-corrected chi connectivity index (χ4v) is 3.27. The normalized spacial score (nSPS) is 28.1. The van der Waals surface area contributed by atoms with Gasteiger partial charge in [-0.05, 0) is 30.6 Å². The van der Waals surface area contributed by atoms with E-state index in [-0.39, 0.29) is 17.9 Å². The van der Waals surface area contributed by atoms with Gasteiger partial charge in [-0.15, -0.1) is 0 Å². The maximum atomic E-state index is 12.7. The average molecular weight is 295 g/mol. The largest absolute Gasteiger partial charge is 0.480 e. The van der Waals surface area contributed by atoms with E-state index in [2.05, 4.69) is 0 Å². The summed E-state index contributed by atoms with van der Waals surface area (Å²) in [5.74, 6) is -0.459. The van der Waals surface area contributed by atoms with Crippen LogP contribution in [-0.4, -0.2) is 41.3 Å². The standard InChI is InChI=1S/C14H24F3NO2/c1-9(2)11-5-4-10(3)6-12(11)18(7-13(19)20)8-14(15,16)17/h9-12H,4-8H2,1-3H3,(H,19,20). The average Bonchev–Trinajstić information content (AvgIpc) is 2.24. The minimum atomic E-state index is -4.36. The first kappa shape index (κ1) is 17.3. The van der Waals surface area contributed by atoms with Crippen molar-refractivity contribution in [1.29, 1.82) is 0 Å². The van der Waals surface area contributed by atoms with Gasteiger partial charge in [0.1, 0.15) is 0 Å². The van der Waals surface area contributed by atoms with E-state index < -0.39 is 25.2 Å². The second-order valence-corrected chi connectivity index (χ2v) is 6.31. The Balaban J connectivity index is 2.91. The fourth-order valence-electron chi connectivity index (χ4n) is 3.27. The molecule has 3 atom stereocenters. The van der Waals surface area contributed by atoms with Gasteiger partial charge in [0.15, 0.2) is 0 Å². The van der Waals surface area contributed by atoms with Gasteiger partial charge in [-0.1, -0.05) is 27.2 Å². The van der Waals surface area contributed by atoms with E-state index in [0.717, 1.165) is 17.7 Å². The molecule has 6 heteroatoms. The lowest BCUT2D eigenvalue weighted by atomic mass is 9.73. The summed E-state index contributed by atoms with van der Waals surface area (Å²) in [4.78, 5) is 12.0. The molecule has 1 N–H and O–H groups in total. The minimum Gasteiger partial charge on any atom is -0.480 e. The van der Waals surface area contributed by atoms with E-state index in [1.54, 1.807) is 0 Å². The maximum Gasteiger partial charge on any atom is 0.401 e. The molecule has 0 radical (unpaired) electrons. The number of alkyl halides is 3. The minimum absolute atomic E-state index is 0.132. The first-order valence-corrected chi connectivity index (χ1v) is 7.12. The number of halogens is 3. The zero-order valence-corrected chi connectivity index (χ0v) is 12.3. The fraction of sp³-hybridized carbons (Fsp3) is 0.929. The van der Waals surface area contributed by atoms with Crippen molar-refractivity contribution in [3.05, 3.63) is 0 Å². The Morgan fingerprint density at radius 2 is 1.95 bits per heavy atom. The first-order chi connectivity index (χ1) is 9.10. The van der Waals surface area contributed by atoms with Gasteiger partial charge < -0.3 is 5.11 Å². The Hall–Kier alpha value is -0.780. The van der Waals surface area contributed by atoms with Crippen molar-refractivity contribution < 1.29 is 23.1 Å². The van der Waals surface area contributed by atoms with Crippen molar-refractivity contribution in [2.75, 3.05) is 13.1 Å². The monoisotopic (exact) mass is 295 g/mol. The number of rotatable bonds is 5. The lowest BCUT2D eigenvalue weighted by Crippen LogP contribution is -2.51. The predicted molar refractivity (Wildman–Crippen MR) is 70.4 cm³/mol. The van der Waals surface area contributed by atoms with Gasteiger partial charge in [-0.25, -0.2) is 0 Å². The van der Waals surface area contributed by atoms with Crippen molar-refractivity contribution in [3.8, 4) is 0 Å². The Kier molecular flexibility index (Phi) is 5.86. The van der Waals surface area contributed by atoms with E-state index in [4.69, 9.17) is 5.11 Å². The second kappa shape index (κ2) is 6.78. The summed E-state index contributed by atoms with van der Waals surface area (Å²) >= 11 is 0. The van der Waals surface area contributed by atoms with Crippen molar-refractivity contribution >= 4 is 5.97 Å². The zero-order chi connectivity index (χ0) is 15.5. The van der Waals surface area contributed by atoms with Crippen LogP contribution in [0.4, 0.5) is 13.2 Å². The summed E-state index contributed by atoms with van der Waals surface area (Å²) in [5.41, 5.74) is 0. The van der Waals surface area contributed by atoms with Crippen molar-refractivity contribution in [2.45, 2.75) is 52.3 Å². The molecule has 1 aliphatic rings. The molecule has 0 aromatic heterocycles. The summed E-state index contributed by atoms with van der Waals surface area (Å²) in [6, 6.07) is -0.295. The van der Waals surface area contributed by atoms with E-state index >= 15 is 0 Å². The summed E-state index contributed by atoms with van der Waals surface area (Å²) in [7, 11) is 0. The number of aliphatic carboxylic acids is 1. The van der Waals surface area contributed by atoms with E-state index in [9.17, 15) is 18.0 Å². The molecule has 1 rings (SSSR count). The number of carboxylic acids is 1. The molecule has 1 aliphatic carbocycles. The van der Waals surface area contributed by atoms with Gasteiger partial charge >= 0.3 is 12.1 Å². The molecule has 0 aromatic carbocycles. The van der Waals surface area contributed by atoms with Crippen LogP contribution in [0, 0.1) is 17.8 Å². The lowest BCUT2D eigenvalue weighted by molar-refractivity contribution is -0.163. The molecule has 20 heavy (non-hydrogen) atoms. The van der Waals surface area contributed by atoms with Crippen LogP contribution in [0.25, 0.3) is 0 Å². The van der Waals surface area contributed by atoms with Crippen molar-refractivity contribution in [2.24, 2.45) is 17.8 Å². The summed E-state index contributed by atoms with van der Waals surface area (Å²) < 4.78 is 38.1. The molecule has 3 unspecified atom stereocenters. The van der Waals surface area contributed by atoms with Crippen molar-refractivity contribution in [1.82, 2.24) is 4.90 Å². The molecule has 0 aromatic rings. The number of carboxylic acid groups (broad SMARTS) is 1. The SMILES string of the molecule is CC1CCC(C(C)C)C(N(CC(=O)O)CC(F)(F)F)C1. The van der Waals surface area contributed by atoms with Crippen LogP contribution >= 0.6 is 0 Å². The number of hydrogen-bond donors (Lipinski definition) is 1. The van der Waals surface area contributed by atoms with Crippen LogP contribution in [0.1, 0.15) is 40.0 Å². The van der Waals surface area contributed by atoms with Gasteiger partial charge in [0.05, 0.1) is 13.1 Å². The van der Waals surface area contributed by atoms with Crippen LogP contribution < -0.4 is 0 Å². The number of hydrogen-bond acceptors (Lipinski definition) is 2. The molecule has 1 saturated carbocycles. The van der Waals surface area contributed by atoms with Crippen LogP contribution in [0.2, 0.25) is 0 Å². The molecule has 0 spiro atoms. The van der Waals surface area contributed by atoms with Gasteiger partial charge in [0, 0.05) is 6.04 Å². The van der Waals surface area contributed by atoms with Crippen molar-refractivity contribution in [3.63, 3.8) is 0 Å². The van der Waals surface area contributed by atoms with Crippen LogP contribution in [-0.2, 0) is 4.79 Å². The highest BCUT2D eigenvalue weighted by Gasteiger charge is 2.40. The van der Waals surface area contributed by atoms with Crippen LogP contribution in [0.5, 0.6) is 0 Å². The highest BCUT2D eigenvalue weighted by Crippen LogP contribution is 2.37. The number of carbonyl (C=O) groups is 1. The third-order valence-electron chi connectivity index (χ3n) is 4.18. The van der Waals surface area contributed by atoms with E-state index in [1.165, 1.54) is 0 Å². The van der Waals surface area contributed by atoms with Gasteiger partial charge in [-0.3, -0.25) is 9.69 Å². The first-order valence-electron chi connectivity index (χ1n) is 7.12. The van der Waals surface area contributed by atoms with Crippen LogP contribution in [0.15, 0.2) is 0 Å². The molecule has 1 fully saturated rings. The van der Waals surface area contributed by atoms with Gasteiger partial charge in [0.2, 0.25) is 0 Å². The summed E-state index contributed by atoms with van der Waals surface area (Å²) in [6.07, 6.45) is -1.84. The molecular formula is C14H24F3NO2. The molecular weight excluding hydrogens is 271 g/mol. The highest BCUT2D eigenvalue weighted by molar-refractivity contribution is 5.69. The summed E-state index contributed by atoms with van der Waals surface area (Å²) in [5, 5.41) is 8.89. The highest BCUT2D eigenvalue weighted by atomic mass is 19.4. The van der Waals surface area contributed by atoms with Crippen LogP contribution in [0.3, 0.4) is 0 Å². The molecule has 0 bridgehead atoms. The lowest BCUT2D eigenvalue weighted by Gasteiger charge is -2.43. The predicted octanol–water partition coefficient (Wildman–Crippen LogP) is 3.40. The second-order valence-electron chi connectivity index (χ2n) is 6.31. The zero-order valence-electron chi connectivity index (χ0n) is 12.3. The molecule has 0 heterocycles. The molecule has 0 saturated heterocycles. The summed E-state index contributed by atoms with van der Waals surface area (Å²) in [6.45, 7) is 4.34. The topological polar surface area (TPSA) is 40.5 Å². The Morgan fingerprint density at radius 3 is 2.40 bits per heavy atom. The Labute approximate surface area is 118 Å². The smallest absolute Gasteiger partial charge is 0.401 e. The molecule has 0 amide bonds. The third kappa shape index (κ3) is 5.31. The maximum absolute atomic E-state index is 12.7. The molecule has 3 nitrogen and oxygen atoms in total. The number of nitrogens with zero attached hydrogens (tertiary/aromatic N) is 1.